The maximum Gasteiger partial charge on any atom is 0.411 e. The lowest BCUT2D eigenvalue weighted by molar-refractivity contribution is -0.288. The molecule has 0 amide bonds. The number of fused-ring (bicyclic) bond motifs is 2. The Balaban J connectivity index is 1.56. The van der Waals surface area contributed by atoms with E-state index in [1.54, 1.807) is 19.1 Å². The van der Waals surface area contributed by atoms with E-state index in [0.717, 1.165) is 30.3 Å². The molecule has 0 unspecified atom stereocenters. The number of alkyl halides is 6. The van der Waals surface area contributed by atoms with E-state index < -0.39 is 28.9 Å². The van der Waals surface area contributed by atoms with Crippen LogP contribution < -0.4 is 0 Å². The molecule has 0 spiro atoms. The lowest BCUT2D eigenvalue weighted by Gasteiger charge is -2.38. The third-order valence-electron chi connectivity index (χ3n) is 6.72. The first-order chi connectivity index (χ1) is 19.4. The highest BCUT2D eigenvalue weighted by atomic mass is 35.5. The van der Waals surface area contributed by atoms with E-state index in [1.807, 2.05) is 0 Å². The molecule has 0 bridgehead atoms. The number of oxazole rings is 2. The number of aryl methyl sites for hydroxylation is 1. The molecule has 208 valence electrons. The first-order valence-electron chi connectivity index (χ1n) is 11.9. The molecule has 0 saturated carbocycles. The van der Waals surface area contributed by atoms with Crippen molar-refractivity contribution in [2.24, 2.45) is 0 Å². The van der Waals surface area contributed by atoms with Gasteiger partial charge in [0.25, 0.3) is 0 Å². The first-order valence-corrected chi connectivity index (χ1v) is 12.3. The molecule has 6 aromatic rings. The predicted octanol–water partition coefficient (Wildman–Crippen LogP) is 8.47. The van der Waals surface area contributed by atoms with Crippen LogP contribution >= 0.6 is 11.6 Å². The third-order valence-corrected chi connectivity index (χ3v) is 7.02. The largest absolute Gasteiger partial charge is 0.436 e. The van der Waals surface area contributed by atoms with E-state index in [9.17, 15) is 26.3 Å². The zero-order valence-corrected chi connectivity index (χ0v) is 21.4. The summed E-state index contributed by atoms with van der Waals surface area (Å²) >= 11 is 6.06. The van der Waals surface area contributed by atoms with Crippen LogP contribution in [0, 0.1) is 6.92 Å². The summed E-state index contributed by atoms with van der Waals surface area (Å²) in [5, 5.41) is 0.000899. The SMILES string of the molecule is Cc1ncccc1-c1nc2cc(C(c3ccc4oc(-c5cccnc5Cl)nc4c3)(C(F)(F)F)C(F)(F)F)ccc2o1. The van der Waals surface area contributed by atoms with Gasteiger partial charge in [0.05, 0.1) is 11.1 Å². The predicted molar refractivity (Wildman–Crippen MR) is 137 cm³/mol. The van der Waals surface area contributed by atoms with Crippen molar-refractivity contribution < 1.29 is 35.2 Å². The molecule has 0 aliphatic rings. The number of hydrogen-bond acceptors (Lipinski definition) is 6. The molecule has 0 aliphatic heterocycles. The second-order valence-corrected chi connectivity index (χ2v) is 9.48. The number of aromatic nitrogens is 4. The molecule has 41 heavy (non-hydrogen) atoms. The van der Waals surface area contributed by atoms with Crippen molar-refractivity contribution in [2.45, 2.75) is 24.7 Å². The van der Waals surface area contributed by atoms with Crippen LogP contribution in [0.2, 0.25) is 5.15 Å². The normalized spacial score (nSPS) is 12.9. The molecular weight excluding hydrogens is 574 g/mol. The summed E-state index contributed by atoms with van der Waals surface area (Å²) in [6, 6.07) is 11.2. The molecule has 0 N–H and O–H groups in total. The maximum atomic E-state index is 14.8. The molecule has 0 aliphatic carbocycles. The van der Waals surface area contributed by atoms with Crippen LogP contribution in [0.3, 0.4) is 0 Å². The fraction of sp³-hybridized carbons (Fsp3) is 0.143. The summed E-state index contributed by atoms with van der Waals surface area (Å²) in [6.45, 7) is 1.67. The first kappa shape index (κ1) is 26.8. The van der Waals surface area contributed by atoms with Gasteiger partial charge < -0.3 is 8.83 Å². The number of rotatable bonds is 4. The molecule has 0 radical (unpaired) electrons. The summed E-state index contributed by atoms with van der Waals surface area (Å²) in [6.07, 6.45) is -8.71. The van der Waals surface area contributed by atoms with Crippen LogP contribution in [0.4, 0.5) is 26.3 Å². The zero-order valence-electron chi connectivity index (χ0n) is 20.7. The summed E-state index contributed by atoms with van der Waals surface area (Å²) < 4.78 is 100. The van der Waals surface area contributed by atoms with Crippen molar-refractivity contribution in [3.8, 4) is 22.9 Å². The van der Waals surface area contributed by atoms with Crippen molar-refractivity contribution in [2.75, 3.05) is 0 Å². The van der Waals surface area contributed by atoms with Gasteiger partial charge in [-0.2, -0.15) is 26.3 Å². The summed E-state index contributed by atoms with van der Waals surface area (Å²) in [5.74, 6) is -0.0971. The van der Waals surface area contributed by atoms with Crippen molar-refractivity contribution in [1.82, 2.24) is 19.9 Å². The van der Waals surface area contributed by atoms with Gasteiger partial charge in [0.1, 0.15) is 16.2 Å². The van der Waals surface area contributed by atoms with Crippen LogP contribution in [0.15, 0.2) is 81.9 Å². The van der Waals surface area contributed by atoms with Crippen LogP contribution in [0.5, 0.6) is 0 Å². The Morgan fingerprint density at radius 2 is 1.15 bits per heavy atom. The second kappa shape index (κ2) is 9.30. The van der Waals surface area contributed by atoms with Gasteiger partial charge in [0, 0.05) is 18.1 Å². The molecule has 0 saturated heterocycles. The molecule has 13 heteroatoms. The zero-order chi connectivity index (χ0) is 29.2. The highest BCUT2D eigenvalue weighted by Crippen LogP contribution is 2.57. The van der Waals surface area contributed by atoms with Gasteiger partial charge in [-0.1, -0.05) is 23.7 Å². The Kier molecular flexibility index (Phi) is 6.07. The van der Waals surface area contributed by atoms with Gasteiger partial charge in [-0.3, -0.25) is 4.98 Å². The Labute approximate surface area is 231 Å². The highest BCUT2D eigenvalue weighted by Gasteiger charge is 2.72. The van der Waals surface area contributed by atoms with Crippen molar-refractivity contribution in [1.29, 1.82) is 0 Å². The minimum absolute atomic E-state index is 0.000899. The number of pyridine rings is 2. The average Bonchev–Trinajstić information content (AvgIpc) is 3.51. The molecule has 4 aromatic heterocycles. The highest BCUT2D eigenvalue weighted by molar-refractivity contribution is 6.31. The molecule has 4 heterocycles. The maximum absolute atomic E-state index is 14.8. The summed E-state index contributed by atoms with van der Waals surface area (Å²) in [5.41, 5.74) is -5.88. The standard InChI is InChI=1S/C28H15ClF6N4O2/c1-14-17(4-2-10-36-14)24-38-19-12-15(6-8-21(19)40-24)26(27(30,31)32,28(33,34)35)16-7-9-22-20(13-16)39-25(41-22)18-5-3-11-37-23(18)29/h2-13H,1H3. The minimum atomic E-state index is -5.82. The van der Waals surface area contributed by atoms with Gasteiger partial charge >= 0.3 is 12.4 Å². The van der Waals surface area contributed by atoms with Crippen LogP contribution in [0.25, 0.3) is 45.1 Å². The molecule has 6 rings (SSSR count). The minimum Gasteiger partial charge on any atom is -0.436 e. The Morgan fingerprint density at radius 1 is 0.659 bits per heavy atom. The number of nitrogens with zero attached hydrogens (tertiary/aromatic N) is 4. The van der Waals surface area contributed by atoms with E-state index >= 15 is 0 Å². The fourth-order valence-corrected chi connectivity index (χ4v) is 4.99. The van der Waals surface area contributed by atoms with E-state index in [4.69, 9.17) is 20.4 Å². The lowest BCUT2D eigenvalue weighted by atomic mass is 9.72. The van der Waals surface area contributed by atoms with E-state index in [0.29, 0.717) is 17.3 Å². The number of hydrogen-bond donors (Lipinski definition) is 0. The van der Waals surface area contributed by atoms with Gasteiger partial charge in [-0.25, -0.2) is 15.0 Å². The molecule has 2 aromatic carbocycles. The molecule has 6 nitrogen and oxygen atoms in total. The Hall–Kier alpha value is -4.45. The topological polar surface area (TPSA) is 77.8 Å². The van der Waals surface area contributed by atoms with Crippen molar-refractivity contribution >= 4 is 33.8 Å². The molecule has 0 fully saturated rings. The van der Waals surface area contributed by atoms with E-state index in [2.05, 4.69) is 19.9 Å². The monoisotopic (exact) mass is 588 g/mol. The quantitative estimate of drug-likeness (QED) is 0.152. The van der Waals surface area contributed by atoms with Gasteiger partial charge in [-0.05, 0) is 66.6 Å². The molecular formula is C28H15ClF6N4O2. The molecule has 0 atom stereocenters. The average molecular weight is 589 g/mol. The fourth-order valence-electron chi connectivity index (χ4n) is 4.79. The van der Waals surface area contributed by atoms with Crippen LogP contribution in [-0.4, -0.2) is 32.3 Å². The Bertz CT molecular complexity index is 1790. The second-order valence-electron chi connectivity index (χ2n) is 9.13. The van der Waals surface area contributed by atoms with Gasteiger partial charge in [0.2, 0.25) is 17.2 Å². The summed E-state index contributed by atoms with van der Waals surface area (Å²) in [7, 11) is 0. The Morgan fingerprint density at radius 3 is 1.63 bits per heavy atom. The van der Waals surface area contributed by atoms with E-state index in [1.165, 1.54) is 24.5 Å². The number of halogens is 7. The smallest absolute Gasteiger partial charge is 0.411 e. The van der Waals surface area contributed by atoms with Crippen molar-refractivity contribution in [3.63, 3.8) is 0 Å². The van der Waals surface area contributed by atoms with Crippen molar-refractivity contribution in [3.05, 3.63) is 95.0 Å². The summed E-state index contributed by atoms with van der Waals surface area (Å²) in [4.78, 5) is 16.3. The van der Waals surface area contributed by atoms with Crippen LogP contribution in [0.1, 0.15) is 16.8 Å². The van der Waals surface area contributed by atoms with Crippen LogP contribution in [-0.2, 0) is 5.41 Å². The van der Waals surface area contributed by atoms with Gasteiger partial charge in [0.15, 0.2) is 11.2 Å². The van der Waals surface area contributed by atoms with E-state index in [-0.39, 0.29) is 44.7 Å². The van der Waals surface area contributed by atoms with Gasteiger partial charge in [-0.15, -0.1) is 0 Å². The number of benzene rings is 2. The lowest BCUT2D eigenvalue weighted by Crippen LogP contribution is -2.54. The third kappa shape index (κ3) is 4.21.